The smallest absolute Gasteiger partial charge is 0.358 e. The molecule has 1 saturated heterocycles. The fraction of sp³-hybridized carbons (Fsp3) is 0.286. The summed E-state index contributed by atoms with van der Waals surface area (Å²) in [6, 6.07) is 11.7. The zero-order valence-corrected chi connectivity index (χ0v) is 18.0. The maximum absolute atomic E-state index is 13.1. The number of aliphatic imine (C=N–C) groups is 1. The van der Waals surface area contributed by atoms with E-state index in [2.05, 4.69) is 10.3 Å². The second kappa shape index (κ2) is 9.74. The molecule has 1 atom stereocenters. The Hall–Kier alpha value is -2.52. The molecule has 1 aliphatic rings. The fourth-order valence-corrected chi connectivity index (χ4v) is 4.29. The summed E-state index contributed by atoms with van der Waals surface area (Å²) in [5.41, 5.74) is 0.158. The van der Waals surface area contributed by atoms with Gasteiger partial charge in [0.2, 0.25) is 11.8 Å². The molecule has 3 rings (SSSR count). The normalized spacial score (nSPS) is 18.4. The minimum absolute atomic E-state index is 0.0213. The summed E-state index contributed by atoms with van der Waals surface area (Å²) in [5, 5.41) is 2.58. The van der Waals surface area contributed by atoms with Crippen molar-refractivity contribution in [2.45, 2.75) is 24.3 Å². The van der Waals surface area contributed by atoms with Crippen LogP contribution in [0.25, 0.3) is 0 Å². The van der Waals surface area contributed by atoms with Crippen molar-refractivity contribution in [2.75, 3.05) is 13.6 Å². The van der Waals surface area contributed by atoms with E-state index in [4.69, 9.17) is 11.6 Å². The molecule has 0 saturated carbocycles. The fourth-order valence-electron chi connectivity index (χ4n) is 2.98. The molecule has 0 unspecified atom stereocenters. The van der Waals surface area contributed by atoms with Gasteiger partial charge in [0.1, 0.15) is 0 Å². The third-order valence-corrected chi connectivity index (χ3v) is 6.05. The van der Waals surface area contributed by atoms with Gasteiger partial charge in [-0.3, -0.25) is 14.5 Å². The Morgan fingerprint density at radius 2 is 1.97 bits per heavy atom. The molecule has 1 fully saturated rings. The number of nitrogens with zero attached hydrogens (tertiary/aromatic N) is 2. The molecule has 5 nitrogen and oxygen atoms in total. The SMILES string of the molecule is CNC(=O)[C@H]1CC(=O)N(CCc2ccc(Cl)cc2)C(=Nc2cccc(C(F)(F)F)c2)S1. The van der Waals surface area contributed by atoms with Gasteiger partial charge in [-0.1, -0.05) is 41.6 Å². The zero-order valence-electron chi connectivity index (χ0n) is 16.4. The summed E-state index contributed by atoms with van der Waals surface area (Å²) >= 11 is 6.96. The number of benzene rings is 2. The topological polar surface area (TPSA) is 61.8 Å². The van der Waals surface area contributed by atoms with Crippen molar-refractivity contribution in [1.29, 1.82) is 0 Å². The number of rotatable bonds is 5. The van der Waals surface area contributed by atoms with Gasteiger partial charge in [0.25, 0.3) is 0 Å². The Labute approximate surface area is 186 Å². The maximum Gasteiger partial charge on any atom is 0.416 e. The van der Waals surface area contributed by atoms with Gasteiger partial charge in [0, 0.05) is 25.0 Å². The Bertz CT molecular complexity index is 996. The number of nitrogens with one attached hydrogen (secondary N) is 1. The van der Waals surface area contributed by atoms with Gasteiger partial charge < -0.3 is 5.32 Å². The molecule has 0 bridgehead atoms. The molecule has 31 heavy (non-hydrogen) atoms. The van der Waals surface area contributed by atoms with Crippen LogP contribution in [0.3, 0.4) is 0 Å². The van der Waals surface area contributed by atoms with E-state index in [1.807, 2.05) is 12.1 Å². The highest BCUT2D eigenvalue weighted by molar-refractivity contribution is 8.15. The monoisotopic (exact) mass is 469 g/mol. The van der Waals surface area contributed by atoms with E-state index in [9.17, 15) is 22.8 Å². The summed E-state index contributed by atoms with van der Waals surface area (Å²) in [7, 11) is 1.46. The lowest BCUT2D eigenvalue weighted by molar-refractivity contribution is -0.137. The van der Waals surface area contributed by atoms with Crippen molar-refractivity contribution in [3.63, 3.8) is 0 Å². The number of alkyl halides is 3. The number of hydrogen-bond acceptors (Lipinski definition) is 4. The highest BCUT2D eigenvalue weighted by Gasteiger charge is 2.35. The van der Waals surface area contributed by atoms with E-state index < -0.39 is 17.0 Å². The van der Waals surface area contributed by atoms with Crippen molar-refractivity contribution in [1.82, 2.24) is 10.2 Å². The maximum atomic E-state index is 13.1. The molecule has 2 amide bonds. The molecule has 164 valence electrons. The second-order valence-electron chi connectivity index (χ2n) is 6.79. The van der Waals surface area contributed by atoms with Gasteiger partial charge >= 0.3 is 6.18 Å². The van der Waals surface area contributed by atoms with E-state index in [0.29, 0.717) is 11.4 Å². The predicted molar refractivity (Wildman–Crippen MR) is 115 cm³/mol. The molecule has 2 aromatic rings. The molecular weight excluding hydrogens is 451 g/mol. The molecule has 2 aromatic carbocycles. The number of carbonyl (C=O) groups excluding carboxylic acids is 2. The van der Waals surface area contributed by atoms with Crippen LogP contribution in [-0.4, -0.2) is 40.7 Å². The average molecular weight is 470 g/mol. The van der Waals surface area contributed by atoms with Gasteiger partial charge in [0.15, 0.2) is 5.17 Å². The van der Waals surface area contributed by atoms with Gasteiger partial charge in [-0.2, -0.15) is 13.2 Å². The molecule has 1 heterocycles. The molecule has 1 N–H and O–H groups in total. The minimum Gasteiger partial charge on any atom is -0.358 e. The second-order valence-corrected chi connectivity index (χ2v) is 8.40. The molecule has 10 heteroatoms. The van der Waals surface area contributed by atoms with E-state index in [0.717, 1.165) is 29.5 Å². The van der Waals surface area contributed by atoms with Crippen molar-refractivity contribution >= 4 is 46.0 Å². The first-order chi connectivity index (χ1) is 14.7. The first-order valence-corrected chi connectivity index (χ1v) is 10.6. The number of amidine groups is 1. The van der Waals surface area contributed by atoms with E-state index >= 15 is 0 Å². The number of thioether (sulfide) groups is 1. The molecule has 0 spiro atoms. The van der Waals surface area contributed by atoms with Gasteiger partial charge in [0.05, 0.1) is 16.5 Å². The third kappa shape index (κ3) is 6.01. The Kier molecular flexibility index (Phi) is 7.27. The van der Waals surface area contributed by atoms with E-state index in [-0.39, 0.29) is 35.6 Å². The quantitative estimate of drug-likeness (QED) is 0.692. The highest BCUT2D eigenvalue weighted by atomic mass is 35.5. The molecule has 0 radical (unpaired) electrons. The summed E-state index contributed by atoms with van der Waals surface area (Å²) in [6.45, 7) is 0.270. The lowest BCUT2D eigenvalue weighted by Gasteiger charge is -2.31. The van der Waals surface area contributed by atoms with Crippen LogP contribution in [0.5, 0.6) is 0 Å². The van der Waals surface area contributed by atoms with Crippen LogP contribution in [0, 0.1) is 0 Å². The third-order valence-electron chi connectivity index (χ3n) is 4.61. The molecule has 0 aromatic heterocycles. The summed E-state index contributed by atoms with van der Waals surface area (Å²) in [4.78, 5) is 30.6. The van der Waals surface area contributed by atoms with Crippen molar-refractivity contribution in [3.05, 3.63) is 64.7 Å². The van der Waals surface area contributed by atoms with Crippen LogP contribution in [0.4, 0.5) is 18.9 Å². The summed E-state index contributed by atoms with van der Waals surface area (Å²) < 4.78 is 39.2. The molecule has 0 aliphatic carbocycles. The van der Waals surface area contributed by atoms with E-state index in [1.165, 1.54) is 24.1 Å². The largest absolute Gasteiger partial charge is 0.416 e. The van der Waals surface area contributed by atoms with Crippen molar-refractivity contribution in [2.24, 2.45) is 4.99 Å². The van der Waals surface area contributed by atoms with Crippen molar-refractivity contribution in [3.8, 4) is 0 Å². The lowest BCUT2D eigenvalue weighted by atomic mass is 10.1. The van der Waals surface area contributed by atoms with Crippen LogP contribution in [0.15, 0.2) is 53.5 Å². The lowest BCUT2D eigenvalue weighted by Crippen LogP contribution is -2.46. The highest BCUT2D eigenvalue weighted by Crippen LogP contribution is 2.33. The standard InChI is InChI=1S/C21H19ClF3N3O2S/c1-26-19(30)17-12-18(29)28(10-9-13-5-7-15(22)8-6-13)20(31-17)27-16-4-2-3-14(11-16)21(23,24)25/h2-8,11,17H,9-10,12H2,1H3,(H,26,30)/t17-/m1/s1. The number of hydrogen-bond donors (Lipinski definition) is 1. The Morgan fingerprint density at radius 3 is 2.61 bits per heavy atom. The number of carbonyl (C=O) groups is 2. The number of halogens is 4. The van der Waals surface area contributed by atoms with Crippen LogP contribution >= 0.6 is 23.4 Å². The summed E-state index contributed by atoms with van der Waals surface area (Å²) in [6.07, 6.45) is -4.03. The van der Waals surface area contributed by atoms with Crippen LogP contribution in [-0.2, 0) is 22.2 Å². The van der Waals surface area contributed by atoms with Gasteiger partial charge in [-0.25, -0.2) is 4.99 Å². The van der Waals surface area contributed by atoms with Gasteiger partial charge in [-0.15, -0.1) is 0 Å². The minimum atomic E-state index is -4.51. The van der Waals surface area contributed by atoms with Crippen molar-refractivity contribution < 1.29 is 22.8 Å². The molecular formula is C21H19ClF3N3O2S. The summed E-state index contributed by atoms with van der Waals surface area (Å²) in [5.74, 6) is -0.653. The number of amides is 2. The molecule has 1 aliphatic heterocycles. The van der Waals surface area contributed by atoms with Crippen LogP contribution in [0.1, 0.15) is 17.5 Å². The predicted octanol–water partition coefficient (Wildman–Crippen LogP) is 4.67. The van der Waals surface area contributed by atoms with Crippen LogP contribution < -0.4 is 5.32 Å². The van der Waals surface area contributed by atoms with E-state index in [1.54, 1.807) is 12.1 Å². The van der Waals surface area contributed by atoms with Crippen LogP contribution in [0.2, 0.25) is 5.02 Å². The average Bonchev–Trinajstić information content (AvgIpc) is 2.73. The zero-order chi connectivity index (χ0) is 22.6. The first kappa shape index (κ1) is 23.1. The van der Waals surface area contributed by atoms with Gasteiger partial charge in [-0.05, 0) is 42.3 Å². The first-order valence-electron chi connectivity index (χ1n) is 9.36. The Balaban J connectivity index is 1.89. The Morgan fingerprint density at radius 1 is 1.26 bits per heavy atom.